The fourth-order valence-electron chi connectivity index (χ4n) is 3.03. The van der Waals surface area contributed by atoms with Crippen LogP contribution in [0.5, 0.6) is 0 Å². The van der Waals surface area contributed by atoms with Gasteiger partial charge in [-0.25, -0.2) is 5.57 Å². The van der Waals surface area contributed by atoms with Crippen molar-refractivity contribution in [1.82, 2.24) is 0 Å². The van der Waals surface area contributed by atoms with Crippen molar-refractivity contribution in [3.8, 4) is 0 Å². The third-order valence-electron chi connectivity index (χ3n) is 4.85. The molecule has 0 saturated heterocycles. The minimum atomic E-state index is -0.199. The van der Waals surface area contributed by atoms with Crippen LogP contribution in [0.4, 0.5) is 0 Å². The summed E-state index contributed by atoms with van der Waals surface area (Å²) in [6.07, 6.45) is 3.36. The van der Waals surface area contributed by atoms with Gasteiger partial charge in [-0.1, -0.05) is 100 Å². The number of hydrogen-bond acceptors (Lipinski definition) is 0. The summed E-state index contributed by atoms with van der Waals surface area (Å²) < 4.78 is 0. The molecule has 3 rings (SSSR count). The second kappa shape index (κ2) is 15.6. The predicted molar refractivity (Wildman–Crippen MR) is 121 cm³/mol. The van der Waals surface area contributed by atoms with Crippen molar-refractivity contribution >= 4 is 27.3 Å². The molecular weight excluding hydrogens is 466 g/mol. The normalized spacial score (nSPS) is 14.9. The van der Waals surface area contributed by atoms with E-state index in [1.807, 2.05) is 0 Å². The minimum Gasteiger partial charge on any atom is -1.00 e. The van der Waals surface area contributed by atoms with Gasteiger partial charge in [0.15, 0.2) is 0 Å². The Balaban J connectivity index is 0. The molecule has 1 atom stereocenters. The molecule has 0 N–H and O–H groups in total. The van der Waals surface area contributed by atoms with Crippen LogP contribution in [0.15, 0.2) is 77.4 Å². The molecule has 1 aliphatic carbocycles. The van der Waals surface area contributed by atoms with E-state index in [1.165, 1.54) is 33.1 Å². The van der Waals surface area contributed by atoms with Gasteiger partial charge in [0.25, 0.3) is 0 Å². The van der Waals surface area contributed by atoms with Crippen molar-refractivity contribution in [2.24, 2.45) is 5.92 Å². The van der Waals surface area contributed by atoms with E-state index < -0.39 is 0 Å². The molecule has 0 spiro atoms. The van der Waals surface area contributed by atoms with Gasteiger partial charge < -0.3 is 24.8 Å². The Morgan fingerprint density at radius 1 is 0.828 bits per heavy atom. The van der Waals surface area contributed by atoms with E-state index in [0.717, 1.165) is 0 Å². The third kappa shape index (κ3) is 9.69. The smallest absolute Gasteiger partial charge is 1.00 e. The molecule has 0 bridgehead atoms. The van der Waals surface area contributed by atoms with Crippen LogP contribution >= 0.6 is 7.92 Å². The van der Waals surface area contributed by atoms with Crippen molar-refractivity contribution < 1.29 is 46.5 Å². The van der Waals surface area contributed by atoms with Crippen LogP contribution < -0.4 is 35.4 Å². The molecular formula is C24H31Cl2PSiTi. The first-order chi connectivity index (χ1) is 12.4. The van der Waals surface area contributed by atoms with Crippen LogP contribution in [0, 0.1) is 12.0 Å². The second-order valence-electron chi connectivity index (χ2n) is 7.26. The minimum absolute atomic E-state index is 0. The van der Waals surface area contributed by atoms with Gasteiger partial charge in [-0.05, 0) is 24.3 Å². The molecule has 0 amide bonds. The quantitative estimate of drug-likeness (QED) is 0.321. The Labute approximate surface area is 208 Å². The number of rotatable bonds is 4. The third-order valence-corrected chi connectivity index (χ3v) is 10.5. The van der Waals surface area contributed by atoms with Gasteiger partial charge in [0.1, 0.15) is 0 Å². The topological polar surface area (TPSA) is 0 Å². The first kappa shape index (κ1) is 31.1. The molecule has 5 heteroatoms. The molecule has 0 fully saturated rings. The Morgan fingerprint density at radius 3 is 1.48 bits per heavy atom. The van der Waals surface area contributed by atoms with Gasteiger partial charge in [-0.2, -0.15) is 11.1 Å². The fourth-order valence-corrected chi connectivity index (χ4v) is 8.38. The van der Waals surface area contributed by atoms with Gasteiger partial charge in [0, 0.05) is 8.80 Å². The molecule has 0 aromatic heterocycles. The van der Waals surface area contributed by atoms with Crippen LogP contribution in [-0.4, -0.2) is 14.6 Å². The van der Waals surface area contributed by atoms with Gasteiger partial charge in [-0.15, -0.1) is 6.92 Å². The molecule has 29 heavy (non-hydrogen) atoms. The van der Waals surface area contributed by atoms with Crippen molar-refractivity contribution in [3.63, 3.8) is 0 Å². The second-order valence-corrected chi connectivity index (χ2v) is 12.8. The van der Waals surface area contributed by atoms with Crippen molar-refractivity contribution in [1.29, 1.82) is 0 Å². The first-order valence-corrected chi connectivity index (χ1v) is 13.6. The summed E-state index contributed by atoms with van der Waals surface area (Å²) in [6, 6.07) is 22.0. The Hall–Kier alpha value is -0.139. The first-order valence-electron chi connectivity index (χ1n) is 9.34. The van der Waals surface area contributed by atoms with Crippen LogP contribution in [0.2, 0.25) is 13.1 Å². The molecule has 154 valence electrons. The maximum Gasteiger partial charge on any atom is 3.00 e. The van der Waals surface area contributed by atoms with Crippen molar-refractivity contribution in [2.75, 3.05) is 5.79 Å². The van der Waals surface area contributed by atoms with Gasteiger partial charge >= 0.3 is 21.7 Å². The summed E-state index contributed by atoms with van der Waals surface area (Å²) in [5.74, 6) is 1.93. The van der Waals surface area contributed by atoms with E-state index in [1.54, 1.807) is 0 Å². The van der Waals surface area contributed by atoms with Crippen LogP contribution in [0.25, 0.3) is 0 Å². The summed E-state index contributed by atoms with van der Waals surface area (Å²) in [5.41, 5.74) is 4.25. The van der Waals surface area contributed by atoms with E-state index in [4.69, 9.17) is 0 Å². The van der Waals surface area contributed by atoms with Crippen LogP contribution in [0.1, 0.15) is 27.7 Å². The monoisotopic (exact) mass is 496 g/mol. The Morgan fingerprint density at radius 2 is 1.24 bits per heavy atom. The molecule has 0 saturated carbocycles. The molecule has 1 unspecified atom stereocenters. The number of allylic oxidation sites excluding steroid dienone is 4. The number of benzene rings is 2. The van der Waals surface area contributed by atoms with E-state index >= 15 is 0 Å². The fraction of sp³-hybridized carbons (Fsp3) is 0.333. The van der Waals surface area contributed by atoms with E-state index in [0.29, 0.717) is 5.92 Å². The summed E-state index contributed by atoms with van der Waals surface area (Å²) in [6.45, 7) is 13.5. The molecule has 2 aromatic carbocycles. The summed E-state index contributed by atoms with van der Waals surface area (Å²) in [4.78, 5) is 0. The Kier molecular flexibility index (Phi) is 16.7. The zero-order valence-electron chi connectivity index (χ0n) is 18.3. The largest absolute Gasteiger partial charge is 3.00 e. The molecule has 0 nitrogen and oxygen atoms in total. The number of hydrogen-bond donors (Lipinski definition) is 0. The average Bonchev–Trinajstić information content (AvgIpc) is 2.87. The molecule has 1 aliphatic rings. The van der Waals surface area contributed by atoms with E-state index in [2.05, 4.69) is 108 Å². The summed E-state index contributed by atoms with van der Waals surface area (Å²) in [7, 11) is -0.344. The van der Waals surface area contributed by atoms with Crippen LogP contribution in [-0.2, 0) is 21.7 Å². The molecule has 0 aliphatic heterocycles. The average molecular weight is 497 g/mol. The van der Waals surface area contributed by atoms with E-state index in [9.17, 15) is 0 Å². The SMILES string of the molecule is CC1=[C-]C(C)C(C)=C1C.C[Si](C)CP(c1ccccc1)c1ccccc1.[Cl-].[Cl-].[Ti+3]. The zero-order chi connectivity index (χ0) is 19.1. The zero-order valence-corrected chi connectivity index (χ0v) is 23.2. The summed E-state index contributed by atoms with van der Waals surface area (Å²) >= 11 is 0. The standard InChI is InChI=1S/C15H18PSi.C9H13.2ClH.Ti/c1-17(2)13-16(14-9-5-3-6-10-14)15-11-7-4-8-12-15;1-6-5-7(2)9(4)8(6)3;;;/h3-12H,13H2,1-2H3;6H,1-4H3;2*1H;/q;-1;;;+3/p-2. The van der Waals surface area contributed by atoms with Gasteiger partial charge in [-0.3, -0.25) is 6.08 Å². The van der Waals surface area contributed by atoms with Crippen molar-refractivity contribution in [2.45, 2.75) is 40.8 Å². The van der Waals surface area contributed by atoms with Gasteiger partial charge in [0.05, 0.1) is 0 Å². The summed E-state index contributed by atoms with van der Waals surface area (Å²) in [5, 5.41) is 3.03. The molecule has 2 aromatic rings. The molecule has 0 heterocycles. The Bertz CT molecular complexity index is 721. The predicted octanol–water partition coefficient (Wildman–Crippen LogP) is 0.140. The number of halogens is 2. The van der Waals surface area contributed by atoms with Gasteiger partial charge in [0.2, 0.25) is 0 Å². The maximum atomic E-state index is 3.36. The maximum absolute atomic E-state index is 3.36. The molecule has 2 radical (unpaired) electrons. The van der Waals surface area contributed by atoms with Crippen LogP contribution in [0.3, 0.4) is 0 Å². The van der Waals surface area contributed by atoms with Crippen molar-refractivity contribution in [3.05, 3.63) is 83.5 Å². The van der Waals surface area contributed by atoms with E-state index in [-0.39, 0.29) is 63.3 Å².